The van der Waals surface area contributed by atoms with Gasteiger partial charge in [-0.3, -0.25) is 4.79 Å². The van der Waals surface area contributed by atoms with Crippen molar-refractivity contribution in [2.75, 3.05) is 5.75 Å². The molecule has 0 N–H and O–H groups in total. The van der Waals surface area contributed by atoms with E-state index in [4.69, 9.17) is 0 Å². The quantitative estimate of drug-likeness (QED) is 0.410. The second-order valence-electron chi connectivity index (χ2n) is 7.83. The van der Waals surface area contributed by atoms with E-state index in [1.807, 2.05) is 31.2 Å². The molecule has 0 unspecified atom stereocenters. The van der Waals surface area contributed by atoms with Gasteiger partial charge in [-0.2, -0.15) is 4.68 Å². The van der Waals surface area contributed by atoms with Crippen LogP contribution in [0.1, 0.15) is 65.1 Å². The van der Waals surface area contributed by atoms with Crippen molar-refractivity contribution < 1.29 is 4.79 Å². The molecule has 150 valence electrons. The Morgan fingerprint density at radius 3 is 2.55 bits per heavy atom. The number of ketones is 1. The highest BCUT2D eigenvalue weighted by Crippen LogP contribution is 2.32. The normalized spacial score (nSPS) is 14.8. The van der Waals surface area contributed by atoms with Crippen LogP contribution in [-0.2, 0) is 0 Å². The predicted molar refractivity (Wildman–Crippen MR) is 116 cm³/mol. The molecule has 5 nitrogen and oxygen atoms in total. The van der Waals surface area contributed by atoms with Crippen LogP contribution in [0.15, 0.2) is 47.6 Å². The lowest BCUT2D eigenvalue weighted by Gasteiger charge is -2.22. The fourth-order valence-corrected chi connectivity index (χ4v) is 4.83. The average molecular weight is 407 g/mol. The topological polar surface area (TPSA) is 60.7 Å². The fourth-order valence-electron chi connectivity index (χ4n) is 4.05. The number of nitrogens with zero attached hydrogens (tertiary/aromatic N) is 4. The molecule has 0 atom stereocenters. The van der Waals surface area contributed by atoms with Gasteiger partial charge >= 0.3 is 0 Å². The van der Waals surface area contributed by atoms with Crippen LogP contribution in [0, 0.1) is 13.8 Å². The Morgan fingerprint density at radius 1 is 1.07 bits per heavy atom. The summed E-state index contributed by atoms with van der Waals surface area (Å²) in [5.41, 5.74) is 5.35. The summed E-state index contributed by atoms with van der Waals surface area (Å²) in [5.74, 6) is 1.07. The van der Waals surface area contributed by atoms with Crippen molar-refractivity contribution in [2.24, 2.45) is 0 Å². The first kappa shape index (κ1) is 19.8. The van der Waals surface area contributed by atoms with Crippen LogP contribution >= 0.6 is 11.8 Å². The van der Waals surface area contributed by atoms with Gasteiger partial charge in [0.2, 0.25) is 5.16 Å². The first-order valence-electron chi connectivity index (χ1n) is 10.2. The van der Waals surface area contributed by atoms with Crippen molar-refractivity contribution >= 4 is 17.5 Å². The molecule has 0 radical (unpaired) electrons. The number of hydrogen-bond donors (Lipinski definition) is 0. The van der Waals surface area contributed by atoms with Crippen molar-refractivity contribution in [1.29, 1.82) is 0 Å². The van der Waals surface area contributed by atoms with Crippen LogP contribution in [-0.4, -0.2) is 31.7 Å². The molecule has 29 heavy (non-hydrogen) atoms. The maximum atomic E-state index is 12.7. The molecule has 1 aliphatic carbocycles. The van der Waals surface area contributed by atoms with E-state index in [0.717, 1.165) is 16.8 Å². The highest BCUT2D eigenvalue weighted by Gasteiger charge is 2.17. The number of tetrazole rings is 1. The molecule has 1 saturated carbocycles. The van der Waals surface area contributed by atoms with E-state index >= 15 is 0 Å². The van der Waals surface area contributed by atoms with E-state index in [-0.39, 0.29) is 5.78 Å². The van der Waals surface area contributed by atoms with Gasteiger partial charge < -0.3 is 0 Å². The third-order valence-electron chi connectivity index (χ3n) is 5.66. The third-order valence-corrected chi connectivity index (χ3v) is 6.58. The molecule has 6 heteroatoms. The SMILES string of the molecule is Cc1ccc(-n2nnnc2SCC(=O)c2ccc(C3CCCCC3)cc2)c(C)c1. The number of rotatable bonds is 6. The van der Waals surface area contributed by atoms with Gasteiger partial charge in [-0.15, -0.1) is 5.10 Å². The van der Waals surface area contributed by atoms with E-state index < -0.39 is 0 Å². The van der Waals surface area contributed by atoms with Gasteiger partial charge in [-0.1, -0.05) is 73.0 Å². The maximum Gasteiger partial charge on any atom is 0.214 e. The molecule has 4 rings (SSSR count). The Labute approximate surface area is 175 Å². The van der Waals surface area contributed by atoms with Crippen LogP contribution < -0.4 is 0 Å². The molecule has 0 amide bonds. The summed E-state index contributed by atoms with van der Waals surface area (Å²) in [7, 11) is 0. The van der Waals surface area contributed by atoms with E-state index in [2.05, 4.69) is 40.6 Å². The minimum Gasteiger partial charge on any atom is -0.293 e. The van der Waals surface area contributed by atoms with Gasteiger partial charge in [-0.25, -0.2) is 0 Å². The second-order valence-corrected chi connectivity index (χ2v) is 8.77. The molecule has 1 fully saturated rings. The number of benzene rings is 2. The van der Waals surface area contributed by atoms with Crippen LogP contribution in [0.4, 0.5) is 0 Å². The lowest BCUT2D eigenvalue weighted by atomic mass is 9.84. The van der Waals surface area contributed by atoms with E-state index in [9.17, 15) is 4.79 Å². The molecule has 0 saturated heterocycles. The third kappa shape index (κ3) is 4.58. The Morgan fingerprint density at radius 2 is 1.83 bits per heavy atom. The van der Waals surface area contributed by atoms with Gasteiger partial charge in [0.1, 0.15) is 0 Å². The predicted octanol–water partition coefficient (Wildman–Crippen LogP) is 5.30. The van der Waals surface area contributed by atoms with Crippen molar-refractivity contribution in [3.05, 3.63) is 64.7 Å². The Bertz CT molecular complexity index is 990. The van der Waals surface area contributed by atoms with Crippen LogP contribution in [0.25, 0.3) is 5.69 Å². The van der Waals surface area contributed by atoms with Crippen molar-refractivity contribution in [2.45, 2.75) is 57.0 Å². The Kier molecular flexibility index (Phi) is 6.09. The molecule has 1 aromatic heterocycles. The Hall–Kier alpha value is -2.47. The highest BCUT2D eigenvalue weighted by molar-refractivity contribution is 7.99. The lowest BCUT2D eigenvalue weighted by Crippen LogP contribution is -2.07. The highest BCUT2D eigenvalue weighted by atomic mass is 32.2. The average Bonchev–Trinajstić information content (AvgIpc) is 3.21. The zero-order chi connectivity index (χ0) is 20.2. The molecule has 3 aromatic rings. The molecule has 1 aliphatic rings. The molecular formula is C23H26N4OS. The first-order valence-corrected chi connectivity index (χ1v) is 11.2. The lowest BCUT2D eigenvalue weighted by molar-refractivity contribution is 0.102. The zero-order valence-electron chi connectivity index (χ0n) is 17.0. The minimum atomic E-state index is 0.0976. The summed E-state index contributed by atoms with van der Waals surface area (Å²) in [6.45, 7) is 4.10. The monoisotopic (exact) mass is 406 g/mol. The van der Waals surface area contributed by atoms with Crippen molar-refractivity contribution in [3.63, 3.8) is 0 Å². The number of Topliss-reactive ketones (excluding diaryl/α,β-unsaturated/α-hetero) is 1. The number of carbonyl (C=O) groups is 1. The summed E-state index contributed by atoms with van der Waals surface area (Å²) in [6.07, 6.45) is 6.52. The van der Waals surface area contributed by atoms with E-state index in [0.29, 0.717) is 16.8 Å². The van der Waals surface area contributed by atoms with Crippen LogP contribution in [0.2, 0.25) is 0 Å². The van der Waals surface area contributed by atoms with Crippen LogP contribution in [0.5, 0.6) is 0 Å². The maximum absolute atomic E-state index is 12.7. The number of aryl methyl sites for hydroxylation is 2. The second kappa shape index (κ2) is 8.91. The summed E-state index contributed by atoms with van der Waals surface area (Å²) >= 11 is 1.37. The number of carbonyl (C=O) groups excluding carboxylic acids is 1. The standard InChI is InChI=1S/C23H26N4OS/c1-16-8-13-21(17(2)14-16)27-23(24-25-26-27)29-15-22(28)20-11-9-19(10-12-20)18-6-4-3-5-7-18/h8-14,18H,3-7,15H2,1-2H3. The molecular weight excluding hydrogens is 380 g/mol. The number of hydrogen-bond acceptors (Lipinski definition) is 5. The van der Waals surface area contributed by atoms with Gasteiger partial charge in [0, 0.05) is 5.56 Å². The molecule has 0 bridgehead atoms. The molecule has 0 spiro atoms. The van der Waals surface area contributed by atoms with E-state index in [1.165, 1.54) is 55.0 Å². The number of thioether (sulfide) groups is 1. The fraction of sp³-hybridized carbons (Fsp3) is 0.391. The van der Waals surface area contributed by atoms with Crippen molar-refractivity contribution in [1.82, 2.24) is 20.2 Å². The summed E-state index contributed by atoms with van der Waals surface area (Å²) in [6, 6.07) is 14.4. The van der Waals surface area contributed by atoms with Gasteiger partial charge in [0.25, 0.3) is 0 Å². The Balaban J connectivity index is 1.42. The van der Waals surface area contributed by atoms with E-state index in [1.54, 1.807) is 4.68 Å². The summed E-state index contributed by atoms with van der Waals surface area (Å²) in [4.78, 5) is 12.7. The smallest absolute Gasteiger partial charge is 0.214 e. The molecule has 2 aromatic carbocycles. The van der Waals surface area contributed by atoms with Crippen molar-refractivity contribution in [3.8, 4) is 5.69 Å². The minimum absolute atomic E-state index is 0.0976. The zero-order valence-corrected chi connectivity index (χ0v) is 17.8. The molecule has 1 heterocycles. The molecule has 0 aliphatic heterocycles. The number of aromatic nitrogens is 4. The van der Waals surface area contributed by atoms with Gasteiger partial charge in [0.05, 0.1) is 11.4 Å². The largest absolute Gasteiger partial charge is 0.293 e. The van der Waals surface area contributed by atoms with Crippen LogP contribution in [0.3, 0.4) is 0 Å². The summed E-state index contributed by atoms with van der Waals surface area (Å²) in [5, 5.41) is 12.7. The first-order chi connectivity index (χ1) is 14.1. The summed E-state index contributed by atoms with van der Waals surface area (Å²) < 4.78 is 1.71. The van der Waals surface area contributed by atoms with Gasteiger partial charge in [0.15, 0.2) is 5.78 Å². The van der Waals surface area contributed by atoms with Gasteiger partial charge in [-0.05, 0) is 60.2 Å².